The highest BCUT2D eigenvalue weighted by Gasteiger charge is 2.24. The molecule has 0 aliphatic carbocycles. The van der Waals surface area contributed by atoms with Gasteiger partial charge in [0.25, 0.3) is 5.56 Å². The van der Waals surface area contributed by atoms with E-state index in [0.29, 0.717) is 16.6 Å². The fourth-order valence-electron chi connectivity index (χ4n) is 2.15. The lowest BCUT2D eigenvalue weighted by Gasteiger charge is -2.06. The molecule has 0 amide bonds. The summed E-state index contributed by atoms with van der Waals surface area (Å²) >= 11 is 1.39. The molecule has 2 heterocycles. The van der Waals surface area contributed by atoms with E-state index in [1.807, 2.05) is 13.8 Å². The molecule has 2 aromatic rings. The molecule has 0 saturated heterocycles. The maximum absolute atomic E-state index is 11.9. The van der Waals surface area contributed by atoms with E-state index in [0.717, 1.165) is 10.4 Å². The minimum Gasteiger partial charge on any atom is -0.506 e. The molecule has 2 N–H and O–H groups in total. The third-order valence-corrected chi connectivity index (χ3v) is 4.28. The van der Waals surface area contributed by atoms with Crippen LogP contribution < -0.4 is 5.56 Å². The lowest BCUT2D eigenvalue weighted by atomic mass is 10.1. The van der Waals surface area contributed by atoms with Gasteiger partial charge in [-0.1, -0.05) is 6.92 Å². The largest absolute Gasteiger partial charge is 0.506 e. The molecule has 2 aromatic heterocycles. The number of fused-ring (bicyclic) bond motifs is 1. The van der Waals surface area contributed by atoms with Crippen LogP contribution in [0.4, 0.5) is 0 Å². The Kier molecular flexibility index (Phi) is 2.90. The Bertz CT molecular complexity index is 711. The van der Waals surface area contributed by atoms with Gasteiger partial charge in [-0.15, -0.1) is 11.3 Å². The number of carboxylic acids is 1. The first-order valence-electron chi connectivity index (χ1n) is 5.47. The Hall–Kier alpha value is -1.82. The first-order chi connectivity index (χ1) is 8.40. The van der Waals surface area contributed by atoms with Gasteiger partial charge in [-0.2, -0.15) is 0 Å². The number of aromatic hydroxyl groups is 1. The number of hydrogen-bond donors (Lipinski definition) is 2. The Morgan fingerprint density at radius 2 is 2.06 bits per heavy atom. The van der Waals surface area contributed by atoms with Crippen LogP contribution >= 0.6 is 11.3 Å². The number of carbonyl (C=O) groups is 1. The highest BCUT2D eigenvalue weighted by molar-refractivity contribution is 7.18. The molecular formula is C12H13NO4S. The Labute approximate surface area is 107 Å². The average Bonchev–Trinajstić information content (AvgIpc) is 2.63. The van der Waals surface area contributed by atoms with Crippen LogP contribution in [0.25, 0.3) is 10.2 Å². The second-order valence-electron chi connectivity index (χ2n) is 4.06. The van der Waals surface area contributed by atoms with Crippen molar-refractivity contribution in [1.82, 2.24) is 4.57 Å². The van der Waals surface area contributed by atoms with E-state index in [1.54, 1.807) is 0 Å². The first kappa shape index (κ1) is 12.6. The van der Waals surface area contributed by atoms with Crippen molar-refractivity contribution in [1.29, 1.82) is 0 Å². The van der Waals surface area contributed by atoms with Crippen molar-refractivity contribution in [3.8, 4) is 5.75 Å². The molecule has 0 aromatic carbocycles. The SMILES string of the molecule is CCc1c(C)sc2c1c(O)c(C(=O)O)c(=O)n2C. The lowest BCUT2D eigenvalue weighted by molar-refractivity contribution is 0.0691. The second kappa shape index (κ2) is 4.13. The number of aromatic nitrogens is 1. The molecule has 0 spiro atoms. The molecule has 0 atom stereocenters. The van der Waals surface area contributed by atoms with Crippen LogP contribution in [-0.4, -0.2) is 20.7 Å². The molecular weight excluding hydrogens is 254 g/mol. The molecule has 6 heteroatoms. The van der Waals surface area contributed by atoms with Crippen LogP contribution in [-0.2, 0) is 13.5 Å². The molecule has 0 saturated carbocycles. The van der Waals surface area contributed by atoms with Gasteiger partial charge in [0.05, 0.1) is 5.39 Å². The minimum absolute atomic E-state index is 0.415. The number of carboxylic acid groups (broad SMARTS) is 1. The number of hydrogen-bond acceptors (Lipinski definition) is 4. The third-order valence-electron chi connectivity index (χ3n) is 3.05. The van der Waals surface area contributed by atoms with E-state index < -0.39 is 22.8 Å². The summed E-state index contributed by atoms with van der Waals surface area (Å²) in [4.78, 5) is 24.6. The molecule has 0 bridgehead atoms. The van der Waals surface area contributed by atoms with Crippen LogP contribution in [0.15, 0.2) is 4.79 Å². The van der Waals surface area contributed by atoms with Gasteiger partial charge in [-0.25, -0.2) is 4.79 Å². The smallest absolute Gasteiger partial charge is 0.345 e. The summed E-state index contributed by atoms with van der Waals surface area (Å²) in [7, 11) is 1.52. The standard InChI is InChI=1S/C12H13NO4S/c1-4-6-5(2)18-11-7(6)9(14)8(12(16)17)10(15)13(11)3/h14H,4H2,1-3H3,(H,16,17). The van der Waals surface area contributed by atoms with E-state index in [9.17, 15) is 14.7 Å². The van der Waals surface area contributed by atoms with Crippen molar-refractivity contribution in [3.63, 3.8) is 0 Å². The molecule has 0 aliphatic heterocycles. The molecule has 0 aliphatic rings. The van der Waals surface area contributed by atoms with E-state index in [2.05, 4.69) is 0 Å². The fourth-order valence-corrected chi connectivity index (χ4v) is 3.35. The van der Waals surface area contributed by atoms with Gasteiger partial charge in [0.2, 0.25) is 0 Å². The van der Waals surface area contributed by atoms with Gasteiger partial charge >= 0.3 is 5.97 Å². The highest BCUT2D eigenvalue weighted by atomic mass is 32.1. The van der Waals surface area contributed by atoms with E-state index in [4.69, 9.17) is 5.11 Å². The second-order valence-corrected chi connectivity index (χ2v) is 5.27. The zero-order valence-corrected chi connectivity index (χ0v) is 11.1. The summed E-state index contributed by atoms with van der Waals surface area (Å²) in [6.45, 7) is 3.83. The quantitative estimate of drug-likeness (QED) is 0.870. The fraction of sp³-hybridized carbons (Fsp3) is 0.333. The summed E-state index contributed by atoms with van der Waals surface area (Å²) in [5.74, 6) is -1.82. The Balaban J connectivity index is 3.09. The summed E-state index contributed by atoms with van der Waals surface area (Å²) in [6, 6.07) is 0. The van der Waals surface area contributed by atoms with E-state index >= 15 is 0 Å². The average molecular weight is 267 g/mol. The molecule has 5 nitrogen and oxygen atoms in total. The van der Waals surface area contributed by atoms with Gasteiger partial charge < -0.3 is 14.8 Å². The summed E-state index contributed by atoms with van der Waals surface area (Å²) in [5, 5.41) is 19.6. The zero-order chi connectivity index (χ0) is 13.6. The van der Waals surface area contributed by atoms with E-state index in [1.165, 1.54) is 23.0 Å². The third kappa shape index (κ3) is 1.53. The molecule has 0 radical (unpaired) electrons. The molecule has 0 fully saturated rings. The van der Waals surface area contributed by atoms with Crippen LogP contribution in [0, 0.1) is 6.92 Å². The number of pyridine rings is 1. The normalized spacial score (nSPS) is 11.1. The van der Waals surface area contributed by atoms with Crippen molar-refractivity contribution < 1.29 is 15.0 Å². The highest BCUT2D eigenvalue weighted by Crippen LogP contribution is 2.37. The molecule has 0 unspecified atom stereocenters. The topological polar surface area (TPSA) is 79.5 Å². The van der Waals surface area contributed by atoms with Gasteiger partial charge in [-0.3, -0.25) is 4.79 Å². The van der Waals surface area contributed by atoms with Gasteiger partial charge in [0.1, 0.15) is 10.6 Å². The number of nitrogens with zero attached hydrogens (tertiary/aromatic N) is 1. The van der Waals surface area contributed by atoms with Crippen molar-refractivity contribution in [2.45, 2.75) is 20.3 Å². The summed E-state index contributed by atoms with van der Waals surface area (Å²) in [5.41, 5.74) is -0.348. The first-order valence-corrected chi connectivity index (χ1v) is 6.29. The Morgan fingerprint density at radius 1 is 1.44 bits per heavy atom. The summed E-state index contributed by atoms with van der Waals surface area (Å²) in [6.07, 6.45) is 0.677. The van der Waals surface area contributed by atoms with Gasteiger partial charge in [0.15, 0.2) is 5.56 Å². The molecule has 18 heavy (non-hydrogen) atoms. The van der Waals surface area contributed by atoms with Crippen LogP contribution in [0.5, 0.6) is 5.75 Å². The van der Waals surface area contributed by atoms with Crippen LogP contribution in [0.1, 0.15) is 27.7 Å². The van der Waals surface area contributed by atoms with Crippen molar-refractivity contribution in [2.24, 2.45) is 7.05 Å². The van der Waals surface area contributed by atoms with Gasteiger partial charge in [0, 0.05) is 11.9 Å². The number of aromatic carboxylic acids is 1. The predicted molar refractivity (Wildman–Crippen MR) is 69.8 cm³/mol. The van der Waals surface area contributed by atoms with Crippen LogP contribution in [0.2, 0.25) is 0 Å². The van der Waals surface area contributed by atoms with Crippen LogP contribution in [0.3, 0.4) is 0 Å². The maximum Gasteiger partial charge on any atom is 0.345 e. The number of aryl methyl sites for hydroxylation is 3. The van der Waals surface area contributed by atoms with Crippen molar-refractivity contribution in [2.75, 3.05) is 0 Å². The van der Waals surface area contributed by atoms with Crippen molar-refractivity contribution >= 4 is 27.5 Å². The minimum atomic E-state index is -1.40. The maximum atomic E-state index is 11.9. The molecule has 2 rings (SSSR count). The Morgan fingerprint density at radius 3 is 2.56 bits per heavy atom. The number of rotatable bonds is 2. The zero-order valence-electron chi connectivity index (χ0n) is 10.3. The van der Waals surface area contributed by atoms with E-state index in [-0.39, 0.29) is 0 Å². The molecule has 96 valence electrons. The summed E-state index contributed by atoms with van der Waals surface area (Å²) < 4.78 is 1.29. The number of thiophene rings is 1. The van der Waals surface area contributed by atoms with Crippen molar-refractivity contribution in [3.05, 3.63) is 26.4 Å². The lowest BCUT2D eigenvalue weighted by Crippen LogP contribution is -2.24. The van der Waals surface area contributed by atoms with Gasteiger partial charge in [-0.05, 0) is 18.9 Å². The predicted octanol–water partition coefficient (Wildman–Crippen LogP) is 1.87. The monoisotopic (exact) mass is 267 g/mol.